The van der Waals surface area contributed by atoms with E-state index in [1.807, 2.05) is 0 Å². The molecule has 0 saturated carbocycles. The van der Waals surface area contributed by atoms with Gasteiger partial charge in [0.15, 0.2) is 0 Å². The molecule has 1 aromatic rings. The largest absolute Gasteiger partial charge is 0.397 e. The average molecular weight is 236 g/mol. The Balaban J connectivity index is 2.65. The number of carbonyl (C=O) groups excluding carboxylic acids is 1. The Morgan fingerprint density at radius 3 is 2.79 bits per heavy atom. The summed E-state index contributed by atoms with van der Waals surface area (Å²) in [6.45, 7) is 0.215. The van der Waals surface area contributed by atoms with Crippen LogP contribution in [-0.2, 0) is 7.05 Å². The number of nitrogens with zero attached hydrogens (tertiary/aromatic N) is 1. The van der Waals surface area contributed by atoms with Gasteiger partial charge in [-0.3, -0.25) is 4.79 Å². The minimum Gasteiger partial charge on any atom is -0.397 e. The third-order valence-electron chi connectivity index (χ3n) is 1.68. The van der Waals surface area contributed by atoms with Crippen LogP contribution in [0.25, 0.3) is 0 Å². The topological polar surface area (TPSA) is 60.0 Å². The second kappa shape index (κ2) is 4.57. The van der Waals surface area contributed by atoms with Crippen molar-refractivity contribution in [3.05, 3.63) is 18.0 Å². The SMILES string of the molecule is Cn1cc(N)cc1C(=O)NCC(Cl)Cl. The Labute approximate surface area is 92.0 Å². The van der Waals surface area contributed by atoms with Crippen LogP contribution >= 0.6 is 23.2 Å². The molecule has 0 bridgehead atoms. The maximum absolute atomic E-state index is 11.5. The second-order valence-electron chi connectivity index (χ2n) is 2.87. The Bertz CT molecular complexity index is 335. The van der Waals surface area contributed by atoms with E-state index in [9.17, 15) is 4.79 Å². The van der Waals surface area contributed by atoms with Crippen molar-refractivity contribution in [3.63, 3.8) is 0 Å². The number of amides is 1. The van der Waals surface area contributed by atoms with Crippen molar-refractivity contribution >= 4 is 34.8 Å². The number of nitrogens with two attached hydrogens (primary N) is 1. The van der Waals surface area contributed by atoms with Gasteiger partial charge in [0.2, 0.25) is 0 Å². The van der Waals surface area contributed by atoms with Crippen LogP contribution in [-0.4, -0.2) is 21.9 Å². The third kappa shape index (κ3) is 2.82. The van der Waals surface area contributed by atoms with Gasteiger partial charge in [-0.05, 0) is 6.07 Å². The first-order valence-electron chi connectivity index (χ1n) is 3.99. The first kappa shape index (κ1) is 11.2. The van der Waals surface area contributed by atoms with E-state index < -0.39 is 4.84 Å². The predicted molar refractivity (Wildman–Crippen MR) is 57.7 cm³/mol. The molecule has 4 nitrogen and oxygen atoms in total. The fraction of sp³-hybridized carbons (Fsp3) is 0.375. The molecule has 0 atom stereocenters. The molecule has 78 valence electrons. The van der Waals surface area contributed by atoms with E-state index in [0.29, 0.717) is 11.4 Å². The van der Waals surface area contributed by atoms with Gasteiger partial charge in [0, 0.05) is 19.8 Å². The van der Waals surface area contributed by atoms with Gasteiger partial charge in [0.05, 0.1) is 5.69 Å². The van der Waals surface area contributed by atoms with Crippen molar-refractivity contribution in [2.45, 2.75) is 4.84 Å². The summed E-state index contributed by atoms with van der Waals surface area (Å²) in [7, 11) is 1.74. The number of hydrogen-bond donors (Lipinski definition) is 2. The Morgan fingerprint density at radius 1 is 1.71 bits per heavy atom. The van der Waals surface area contributed by atoms with Crippen LogP contribution in [0.5, 0.6) is 0 Å². The minimum absolute atomic E-state index is 0.215. The molecule has 3 N–H and O–H groups in total. The number of alkyl halides is 2. The average Bonchev–Trinajstić information content (AvgIpc) is 2.41. The normalized spacial score (nSPS) is 10.6. The molecule has 1 aromatic heterocycles. The molecule has 0 unspecified atom stereocenters. The number of halogens is 2. The number of hydrogen-bond acceptors (Lipinski definition) is 2. The highest BCUT2D eigenvalue weighted by Gasteiger charge is 2.11. The van der Waals surface area contributed by atoms with E-state index in [4.69, 9.17) is 28.9 Å². The van der Waals surface area contributed by atoms with Crippen LogP contribution in [0.4, 0.5) is 5.69 Å². The quantitative estimate of drug-likeness (QED) is 0.773. The molecule has 0 spiro atoms. The summed E-state index contributed by atoms with van der Waals surface area (Å²) in [5, 5.41) is 2.57. The highest BCUT2D eigenvalue weighted by atomic mass is 35.5. The Kier molecular flexibility index (Phi) is 3.66. The second-order valence-corrected chi connectivity index (χ2v) is 4.15. The zero-order chi connectivity index (χ0) is 10.7. The first-order chi connectivity index (χ1) is 6.50. The molecule has 0 aliphatic rings. The van der Waals surface area contributed by atoms with Gasteiger partial charge >= 0.3 is 0 Å². The molecule has 6 heteroatoms. The molecule has 0 saturated heterocycles. The van der Waals surface area contributed by atoms with Gasteiger partial charge in [-0.2, -0.15) is 0 Å². The fourth-order valence-corrected chi connectivity index (χ4v) is 1.23. The van der Waals surface area contributed by atoms with Crippen LogP contribution in [0.15, 0.2) is 12.3 Å². The van der Waals surface area contributed by atoms with E-state index in [2.05, 4.69) is 5.32 Å². The molecule has 0 aliphatic carbocycles. The van der Waals surface area contributed by atoms with Gasteiger partial charge < -0.3 is 15.6 Å². The summed E-state index contributed by atoms with van der Waals surface area (Å²) in [6, 6.07) is 1.59. The molecule has 1 rings (SSSR count). The van der Waals surface area contributed by atoms with Crippen LogP contribution in [0.2, 0.25) is 0 Å². The van der Waals surface area contributed by atoms with Gasteiger partial charge in [-0.15, -0.1) is 23.2 Å². The van der Waals surface area contributed by atoms with Crippen molar-refractivity contribution in [1.29, 1.82) is 0 Å². The molecule has 0 radical (unpaired) electrons. The third-order valence-corrected chi connectivity index (χ3v) is 1.98. The number of aryl methyl sites for hydroxylation is 1. The van der Waals surface area contributed by atoms with Crippen molar-refractivity contribution in [2.75, 3.05) is 12.3 Å². The van der Waals surface area contributed by atoms with Gasteiger partial charge in [-0.1, -0.05) is 0 Å². The summed E-state index contributed by atoms with van der Waals surface area (Å²) in [5.41, 5.74) is 6.55. The number of nitrogen functional groups attached to an aromatic ring is 1. The smallest absolute Gasteiger partial charge is 0.268 e. The Hall–Kier alpha value is -0.870. The fourth-order valence-electron chi connectivity index (χ4n) is 1.08. The summed E-state index contributed by atoms with van der Waals surface area (Å²) >= 11 is 10.9. The van der Waals surface area contributed by atoms with Crippen LogP contribution in [0, 0.1) is 0 Å². The van der Waals surface area contributed by atoms with Crippen LogP contribution < -0.4 is 11.1 Å². The number of aromatic nitrogens is 1. The molecule has 1 amide bonds. The van der Waals surface area contributed by atoms with Gasteiger partial charge in [0.1, 0.15) is 10.5 Å². The maximum atomic E-state index is 11.5. The lowest BCUT2D eigenvalue weighted by molar-refractivity contribution is 0.0947. The van der Waals surface area contributed by atoms with Crippen LogP contribution in [0.3, 0.4) is 0 Å². The van der Waals surface area contributed by atoms with Gasteiger partial charge in [0.25, 0.3) is 5.91 Å². The van der Waals surface area contributed by atoms with E-state index in [-0.39, 0.29) is 12.5 Å². The Morgan fingerprint density at radius 2 is 2.36 bits per heavy atom. The maximum Gasteiger partial charge on any atom is 0.268 e. The highest BCUT2D eigenvalue weighted by Crippen LogP contribution is 2.08. The minimum atomic E-state index is -0.600. The number of nitrogens with one attached hydrogen (secondary N) is 1. The van der Waals surface area contributed by atoms with Crippen molar-refractivity contribution in [1.82, 2.24) is 9.88 Å². The lowest BCUT2D eigenvalue weighted by Gasteiger charge is -2.05. The number of rotatable bonds is 3. The van der Waals surface area contributed by atoms with Gasteiger partial charge in [-0.25, -0.2) is 0 Å². The number of anilines is 1. The van der Waals surface area contributed by atoms with Crippen molar-refractivity contribution < 1.29 is 4.79 Å². The van der Waals surface area contributed by atoms with E-state index in [0.717, 1.165) is 0 Å². The van der Waals surface area contributed by atoms with E-state index in [1.165, 1.54) is 0 Å². The molecule has 14 heavy (non-hydrogen) atoms. The summed E-state index contributed by atoms with van der Waals surface area (Å²) < 4.78 is 1.64. The van der Waals surface area contributed by atoms with Crippen molar-refractivity contribution in [2.24, 2.45) is 7.05 Å². The lowest BCUT2D eigenvalue weighted by atomic mass is 10.4. The molecule has 0 fully saturated rings. The monoisotopic (exact) mass is 235 g/mol. The zero-order valence-corrected chi connectivity index (χ0v) is 9.14. The molecule has 1 heterocycles. The standard InChI is InChI=1S/C8H11Cl2N3O/c1-13-4-5(11)2-6(13)8(14)12-3-7(9)10/h2,4,7H,3,11H2,1H3,(H,12,14). The van der Waals surface area contributed by atoms with Crippen molar-refractivity contribution in [3.8, 4) is 0 Å². The first-order valence-corrected chi connectivity index (χ1v) is 4.86. The van der Waals surface area contributed by atoms with E-state index in [1.54, 1.807) is 23.9 Å². The molecule has 0 aliphatic heterocycles. The number of carbonyl (C=O) groups is 1. The van der Waals surface area contributed by atoms with Crippen LogP contribution in [0.1, 0.15) is 10.5 Å². The summed E-state index contributed by atoms with van der Waals surface area (Å²) in [4.78, 5) is 10.9. The summed E-state index contributed by atoms with van der Waals surface area (Å²) in [5.74, 6) is -0.240. The van der Waals surface area contributed by atoms with E-state index >= 15 is 0 Å². The highest BCUT2D eigenvalue weighted by molar-refractivity contribution is 6.44. The predicted octanol–water partition coefficient (Wildman–Crippen LogP) is 1.14. The molecular formula is C8H11Cl2N3O. The zero-order valence-electron chi connectivity index (χ0n) is 7.63. The molecular weight excluding hydrogens is 225 g/mol. The lowest BCUT2D eigenvalue weighted by Crippen LogP contribution is -2.29. The summed E-state index contributed by atoms with van der Waals surface area (Å²) in [6.07, 6.45) is 1.66. The molecule has 0 aromatic carbocycles.